The van der Waals surface area contributed by atoms with Crippen molar-refractivity contribution in [2.24, 2.45) is 5.18 Å². The molecule has 0 saturated carbocycles. The van der Waals surface area contributed by atoms with Crippen molar-refractivity contribution in [1.29, 1.82) is 0 Å². The zero-order valence-electron chi connectivity index (χ0n) is 15.2. The van der Waals surface area contributed by atoms with Gasteiger partial charge in [-0.15, -0.1) is 4.91 Å². The van der Waals surface area contributed by atoms with Gasteiger partial charge in [-0.25, -0.2) is 4.79 Å². The van der Waals surface area contributed by atoms with Crippen LogP contribution in [-0.2, 0) is 16.1 Å². The van der Waals surface area contributed by atoms with Crippen LogP contribution in [0, 0.1) is 4.91 Å². The zero-order valence-corrected chi connectivity index (χ0v) is 15.2. The first-order valence-electron chi connectivity index (χ1n) is 8.54. The van der Waals surface area contributed by atoms with E-state index >= 15 is 0 Å². The lowest BCUT2D eigenvalue weighted by molar-refractivity contribution is -0.128. The van der Waals surface area contributed by atoms with Crippen molar-refractivity contribution < 1.29 is 14.4 Å². The number of urea groups is 1. The van der Waals surface area contributed by atoms with Gasteiger partial charge in [-0.05, 0) is 29.7 Å². The maximum Gasteiger partial charge on any atom is 0.316 e. The maximum atomic E-state index is 12.3. The fourth-order valence-electron chi connectivity index (χ4n) is 2.24. The number of carbonyl (C=O) groups is 3. The molecule has 9 heteroatoms. The summed E-state index contributed by atoms with van der Waals surface area (Å²) < 4.78 is 0. The Hall–Kier alpha value is -3.23. The number of carbonyl (C=O) groups excluding carboxylic acids is 3. The molecule has 9 nitrogen and oxygen atoms in total. The van der Waals surface area contributed by atoms with Gasteiger partial charge in [-0.2, -0.15) is 0 Å². The second-order valence-corrected chi connectivity index (χ2v) is 5.78. The fourth-order valence-corrected chi connectivity index (χ4v) is 2.24. The van der Waals surface area contributed by atoms with E-state index in [0.717, 1.165) is 5.56 Å². The van der Waals surface area contributed by atoms with Crippen LogP contribution in [0.25, 0.3) is 0 Å². The van der Waals surface area contributed by atoms with Crippen LogP contribution >= 0.6 is 0 Å². The van der Waals surface area contributed by atoms with Gasteiger partial charge in [-0.3, -0.25) is 9.59 Å². The van der Waals surface area contributed by atoms with Crippen molar-refractivity contribution in [1.82, 2.24) is 21.3 Å². The molecule has 0 fully saturated rings. The number of nitroso groups, excluding NO2 is 1. The Morgan fingerprint density at radius 2 is 1.85 bits per heavy atom. The van der Waals surface area contributed by atoms with Crippen LogP contribution in [0.5, 0.6) is 0 Å². The van der Waals surface area contributed by atoms with E-state index in [1.807, 2.05) is 30.3 Å². The molecular formula is C18H25N5O4. The standard InChI is InChI=1S/C18H25N5O4/c1-3-16(23-27)22-18(26)19-11-7-10-15(21-13(2)24)17(25)20-12-14-8-5-4-6-9-14/h3-6,8-9,15-16H,1,7,10-12H2,2H3,(H,20,25)(H,21,24)(H2,19,22,26)/t15-,16?/m0/s1. The minimum absolute atomic E-state index is 0.261. The summed E-state index contributed by atoms with van der Waals surface area (Å²) in [7, 11) is 0. The molecule has 27 heavy (non-hydrogen) atoms. The molecule has 146 valence electrons. The highest BCUT2D eigenvalue weighted by Gasteiger charge is 2.19. The highest BCUT2D eigenvalue weighted by molar-refractivity contribution is 5.86. The van der Waals surface area contributed by atoms with E-state index in [2.05, 4.69) is 33.0 Å². The number of amides is 4. The van der Waals surface area contributed by atoms with Crippen molar-refractivity contribution in [3.05, 3.63) is 53.5 Å². The molecule has 0 heterocycles. The van der Waals surface area contributed by atoms with Crippen LogP contribution in [0.1, 0.15) is 25.3 Å². The molecule has 0 aliphatic heterocycles. The summed E-state index contributed by atoms with van der Waals surface area (Å²) in [5.41, 5.74) is 0.950. The number of nitrogens with one attached hydrogen (secondary N) is 4. The summed E-state index contributed by atoms with van der Waals surface area (Å²) >= 11 is 0. The third-order valence-electron chi connectivity index (χ3n) is 3.57. The van der Waals surface area contributed by atoms with E-state index in [1.165, 1.54) is 13.0 Å². The van der Waals surface area contributed by atoms with Crippen molar-refractivity contribution in [3.8, 4) is 0 Å². The third kappa shape index (κ3) is 9.15. The van der Waals surface area contributed by atoms with Crippen molar-refractivity contribution in [3.63, 3.8) is 0 Å². The number of hydrogen-bond acceptors (Lipinski definition) is 5. The first kappa shape index (κ1) is 21.8. The van der Waals surface area contributed by atoms with Crippen molar-refractivity contribution in [2.75, 3.05) is 6.54 Å². The normalized spacial score (nSPS) is 12.2. The second kappa shape index (κ2) is 12.2. The van der Waals surface area contributed by atoms with E-state index in [1.54, 1.807) is 0 Å². The van der Waals surface area contributed by atoms with E-state index in [9.17, 15) is 19.3 Å². The van der Waals surface area contributed by atoms with Gasteiger partial charge < -0.3 is 21.3 Å². The molecule has 0 aliphatic rings. The van der Waals surface area contributed by atoms with Gasteiger partial charge in [-0.1, -0.05) is 36.9 Å². The smallest absolute Gasteiger partial charge is 0.316 e. The average Bonchev–Trinajstić information content (AvgIpc) is 2.67. The molecule has 1 aromatic carbocycles. The Morgan fingerprint density at radius 1 is 1.15 bits per heavy atom. The SMILES string of the molecule is C=CC(N=O)NC(=O)NCCC[C@H](NC(C)=O)C(=O)NCc1ccccc1. The maximum absolute atomic E-state index is 12.3. The molecule has 0 radical (unpaired) electrons. The van der Waals surface area contributed by atoms with Crippen LogP contribution in [0.3, 0.4) is 0 Å². The Balaban J connectivity index is 2.41. The van der Waals surface area contributed by atoms with E-state index in [4.69, 9.17) is 0 Å². The predicted octanol–water partition coefficient (Wildman–Crippen LogP) is 1.17. The second-order valence-electron chi connectivity index (χ2n) is 5.78. The number of rotatable bonds is 11. The zero-order chi connectivity index (χ0) is 20.1. The van der Waals surface area contributed by atoms with Gasteiger partial charge in [0.1, 0.15) is 6.04 Å². The molecule has 0 bridgehead atoms. The molecule has 0 aromatic heterocycles. The Bertz CT molecular complexity index is 642. The average molecular weight is 375 g/mol. The fraction of sp³-hybridized carbons (Fsp3) is 0.389. The van der Waals surface area contributed by atoms with Crippen LogP contribution in [-0.4, -0.2) is 36.6 Å². The number of hydrogen-bond donors (Lipinski definition) is 4. The highest BCUT2D eigenvalue weighted by Crippen LogP contribution is 2.01. The van der Waals surface area contributed by atoms with Gasteiger partial charge in [0.25, 0.3) is 0 Å². The lowest BCUT2D eigenvalue weighted by Crippen LogP contribution is -2.46. The van der Waals surface area contributed by atoms with E-state index in [-0.39, 0.29) is 18.4 Å². The van der Waals surface area contributed by atoms with Crippen LogP contribution < -0.4 is 21.3 Å². The Kier molecular flexibility index (Phi) is 9.84. The molecule has 2 atom stereocenters. The summed E-state index contributed by atoms with van der Waals surface area (Å²) in [5.74, 6) is -0.609. The van der Waals surface area contributed by atoms with Crippen LogP contribution in [0.2, 0.25) is 0 Å². The molecule has 4 amide bonds. The van der Waals surface area contributed by atoms with Gasteiger partial charge in [0.15, 0.2) is 6.17 Å². The summed E-state index contributed by atoms with van der Waals surface area (Å²) in [5, 5.41) is 12.9. The molecule has 0 aliphatic carbocycles. The van der Waals surface area contributed by atoms with E-state index in [0.29, 0.717) is 19.4 Å². The van der Waals surface area contributed by atoms with Gasteiger partial charge in [0.2, 0.25) is 11.8 Å². The quantitative estimate of drug-likeness (QED) is 0.263. The first-order chi connectivity index (χ1) is 13.0. The van der Waals surface area contributed by atoms with Gasteiger partial charge in [0, 0.05) is 20.0 Å². The lowest BCUT2D eigenvalue weighted by Gasteiger charge is -2.18. The third-order valence-corrected chi connectivity index (χ3v) is 3.57. The monoisotopic (exact) mass is 375 g/mol. The van der Waals surface area contributed by atoms with Gasteiger partial charge in [0.05, 0.1) is 0 Å². The molecule has 1 rings (SSSR count). The minimum Gasteiger partial charge on any atom is -0.350 e. The van der Waals surface area contributed by atoms with Crippen molar-refractivity contribution >= 4 is 17.8 Å². The van der Waals surface area contributed by atoms with Crippen LogP contribution in [0.4, 0.5) is 4.79 Å². The highest BCUT2D eigenvalue weighted by atomic mass is 16.3. The lowest BCUT2D eigenvalue weighted by atomic mass is 10.1. The molecule has 0 spiro atoms. The van der Waals surface area contributed by atoms with Crippen LogP contribution in [0.15, 0.2) is 48.2 Å². The summed E-state index contributed by atoms with van der Waals surface area (Å²) in [6.45, 7) is 5.33. The largest absolute Gasteiger partial charge is 0.350 e. The molecule has 0 saturated heterocycles. The van der Waals surface area contributed by atoms with Crippen molar-refractivity contribution in [2.45, 2.75) is 38.5 Å². The first-order valence-corrected chi connectivity index (χ1v) is 8.54. The summed E-state index contributed by atoms with van der Waals surface area (Å²) in [4.78, 5) is 45.6. The topological polar surface area (TPSA) is 129 Å². The number of benzene rings is 1. The molecular weight excluding hydrogens is 350 g/mol. The molecule has 1 aromatic rings. The van der Waals surface area contributed by atoms with E-state index < -0.39 is 18.2 Å². The molecule has 4 N–H and O–H groups in total. The number of nitrogens with zero attached hydrogens (tertiary/aromatic N) is 1. The minimum atomic E-state index is -0.999. The summed E-state index contributed by atoms with van der Waals surface area (Å²) in [6.07, 6.45) is 0.999. The molecule has 1 unspecified atom stereocenters. The predicted molar refractivity (Wildman–Crippen MR) is 101 cm³/mol. The Morgan fingerprint density at radius 3 is 2.44 bits per heavy atom. The van der Waals surface area contributed by atoms with Gasteiger partial charge >= 0.3 is 6.03 Å². The Labute approximate surface area is 157 Å². The summed E-state index contributed by atoms with van der Waals surface area (Å²) in [6, 6.07) is 8.15.